The zero-order valence-electron chi connectivity index (χ0n) is 21.8. The lowest BCUT2D eigenvalue weighted by Crippen LogP contribution is -2.38. The minimum Gasteiger partial charge on any atom is -0.497 e. The topological polar surface area (TPSA) is 79.0 Å². The van der Waals surface area contributed by atoms with E-state index in [9.17, 15) is 13.2 Å². The number of carbonyl (C=O) groups is 1. The molecule has 0 saturated carbocycles. The van der Waals surface area contributed by atoms with Crippen LogP contribution in [0.4, 0.5) is 11.4 Å². The molecule has 0 bridgehead atoms. The number of methoxy groups -OCH3 is 1. The third-order valence-electron chi connectivity index (χ3n) is 5.69. The molecule has 0 saturated heterocycles. The molecule has 0 aliphatic rings. The van der Waals surface area contributed by atoms with Crippen LogP contribution in [0.2, 0.25) is 0 Å². The number of benzene rings is 3. The van der Waals surface area contributed by atoms with Gasteiger partial charge in [0, 0.05) is 44.0 Å². The van der Waals surface area contributed by atoms with Crippen LogP contribution in [-0.2, 0) is 27.9 Å². The van der Waals surface area contributed by atoms with Crippen LogP contribution in [0.3, 0.4) is 0 Å². The molecule has 0 unspecified atom stereocenters. The Bertz CT molecular complexity index is 1280. The van der Waals surface area contributed by atoms with E-state index in [4.69, 9.17) is 4.74 Å². The van der Waals surface area contributed by atoms with E-state index in [0.29, 0.717) is 24.5 Å². The highest BCUT2D eigenvalue weighted by Gasteiger charge is 2.28. The molecule has 1 N–H and O–H groups in total. The summed E-state index contributed by atoms with van der Waals surface area (Å²) in [6.45, 7) is 6.49. The van der Waals surface area contributed by atoms with Crippen LogP contribution >= 0.6 is 0 Å². The second-order valence-electron chi connectivity index (χ2n) is 9.92. The number of ether oxygens (including phenoxy) is 1. The first-order valence-electron chi connectivity index (χ1n) is 11.7. The number of amides is 1. The number of hydrogen-bond acceptors (Lipinski definition) is 5. The Morgan fingerprint density at radius 1 is 0.917 bits per heavy atom. The Morgan fingerprint density at radius 3 is 2.11 bits per heavy atom. The molecule has 0 fully saturated rings. The molecule has 3 aromatic rings. The second kappa shape index (κ2) is 11.0. The van der Waals surface area contributed by atoms with Crippen molar-refractivity contribution in [1.82, 2.24) is 4.90 Å². The molecule has 1 amide bonds. The molecule has 3 rings (SSSR count). The maximum atomic E-state index is 13.4. The molecule has 0 aliphatic carbocycles. The second-order valence-corrected chi connectivity index (χ2v) is 11.6. The molecule has 0 atom stereocenters. The minimum atomic E-state index is -3.80. The van der Waals surface area contributed by atoms with Crippen molar-refractivity contribution in [3.8, 4) is 5.75 Å². The fourth-order valence-electron chi connectivity index (χ4n) is 3.86. The van der Waals surface area contributed by atoms with Gasteiger partial charge in [-0.2, -0.15) is 0 Å². The summed E-state index contributed by atoms with van der Waals surface area (Å²) in [5.74, 6) is 0.592. The number of anilines is 2. The van der Waals surface area contributed by atoms with Crippen LogP contribution in [0.5, 0.6) is 5.75 Å². The van der Waals surface area contributed by atoms with Crippen molar-refractivity contribution in [2.45, 2.75) is 38.8 Å². The quantitative estimate of drug-likeness (QED) is 0.432. The fourth-order valence-corrected chi connectivity index (χ4v) is 4.91. The summed E-state index contributed by atoms with van der Waals surface area (Å²) in [7, 11) is 1.57. The Morgan fingerprint density at radius 2 is 1.56 bits per heavy atom. The Kier molecular flexibility index (Phi) is 8.30. The van der Waals surface area contributed by atoms with E-state index in [2.05, 4.69) is 4.72 Å². The molecule has 0 aromatic heterocycles. The summed E-state index contributed by atoms with van der Waals surface area (Å²) in [6.07, 6.45) is 0. The average Bonchev–Trinajstić information content (AvgIpc) is 2.83. The van der Waals surface area contributed by atoms with Crippen molar-refractivity contribution in [2.75, 3.05) is 30.8 Å². The van der Waals surface area contributed by atoms with Crippen molar-refractivity contribution in [1.29, 1.82) is 0 Å². The molecule has 3 aromatic carbocycles. The molecule has 192 valence electrons. The lowest BCUT2D eigenvalue weighted by Gasteiger charge is -2.31. The number of hydrogen-bond donors (Lipinski definition) is 1. The monoisotopic (exact) mass is 509 g/mol. The third kappa shape index (κ3) is 6.79. The zero-order chi connectivity index (χ0) is 26.5. The average molecular weight is 510 g/mol. The number of sulfonamides is 1. The highest BCUT2D eigenvalue weighted by Crippen LogP contribution is 2.29. The summed E-state index contributed by atoms with van der Waals surface area (Å²) >= 11 is 0. The van der Waals surface area contributed by atoms with Gasteiger partial charge in [0.05, 0.1) is 12.0 Å². The van der Waals surface area contributed by atoms with Gasteiger partial charge < -0.3 is 14.5 Å². The van der Waals surface area contributed by atoms with E-state index in [-0.39, 0.29) is 10.8 Å². The van der Waals surface area contributed by atoms with E-state index in [1.165, 1.54) is 19.2 Å². The summed E-state index contributed by atoms with van der Waals surface area (Å²) < 4.78 is 33.8. The predicted octanol–water partition coefficient (Wildman–Crippen LogP) is 5.14. The van der Waals surface area contributed by atoms with E-state index in [1.807, 2.05) is 81.1 Å². The first kappa shape index (κ1) is 27.1. The number of nitrogens with one attached hydrogen (secondary N) is 1. The van der Waals surface area contributed by atoms with Crippen molar-refractivity contribution < 1.29 is 17.9 Å². The molecule has 0 heterocycles. The molecule has 0 spiro atoms. The van der Waals surface area contributed by atoms with Crippen LogP contribution in [0.1, 0.15) is 31.9 Å². The van der Waals surface area contributed by atoms with Gasteiger partial charge in [-0.3, -0.25) is 9.52 Å². The maximum Gasteiger partial charge on any atom is 0.261 e. The van der Waals surface area contributed by atoms with Crippen LogP contribution < -0.4 is 14.4 Å². The lowest BCUT2D eigenvalue weighted by molar-refractivity contribution is -0.140. The summed E-state index contributed by atoms with van der Waals surface area (Å²) in [5.41, 5.74) is 2.62. The van der Waals surface area contributed by atoms with Gasteiger partial charge in [0.2, 0.25) is 5.91 Å². The highest BCUT2D eigenvalue weighted by atomic mass is 32.2. The standard InChI is InChI=1S/C28H35N3O4S/c1-28(2,3)27(32)31(19-21-10-8-7-9-11-21)20-22-18-23(12-17-26(22)30(4)5)29-36(33,34)25-15-13-24(35-6)14-16-25/h7-18,29H,19-20H2,1-6H3. The van der Waals surface area contributed by atoms with E-state index in [0.717, 1.165) is 16.8 Å². The maximum absolute atomic E-state index is 13.4. The third-order valence-corrected chi connectivity index (χ3v) is 7.09. The number of carbonyl (C=O) groups excluding carboxylic acids is 1. The molecule has 8 heteroatoms. The first-order chi connectivity index (χ1) is 16.9. The van der Waals surface area contributed by atoms with Crippen LogP contribution in [0.15, 0.2) is 77.7 Å². The summed E-state index contributed by atoms with van der Waals surface area (Å²) in [4.78, 5) is 17.3. The fraction of sp³-hybridized carbons (Fsp3) is 0.321. The van der Waals surface area contributed by atoms with Crippen molar-refractivity contribution >= 4 is 27.3 Å². The van der Waals surface area contributed by atoms with E-state index < -0.39 is 15.4 Å². The van der Waals surface area contributed by atoms with Gasteiger partial charge in [0.25, 0.3) is 10.0 Å². The van der Waals surface area contributed by atoms with Gasteiger partial charge in [0.1, 0.15) is 5.75 Å². The molecule has 0 radical (unpaired) electrons. The van der Waals surface area contributed by atoms with Gasteiger partial charge in [-0.05, 0) is 53.6 Å². The van der Waals surface area contributed by atoms with Gasteiger partial charge in [0.15, 0.2) is 0 Å². The lowest BCUT2D eigenvalue weighted by atomic mass is 9.94. The largest absolute Gasteiger partial charge is 0.497 e. The van der Waals surface area contributed by atoms with Gasteiger partial charge >= 0.3 is 0 Å². The van der Waals surface area contributed by atoms with Gasteiger partial charge in [-0.1, -0.05) is 51.1 Å². The summed E-state index contributed by atoms with van der Waals surface area (Å²) in [5, 5.41) is 0. The van der Waals surface area contributed by atoms with Crippen molar-refractivity contribution in [2.24, 2.45) is 5.41 Å². The smallest absolute Gasteiger partial charge is 0.261 e. The van der Waals surface area contributed by atoms with Crippen molar-refractivity contribution in [3.63, 3.8) is 0 Å². The van der Waals surface area contributed by atoms with Crippen molar-refractivity contribution in [3.05, 3.63) is 83.9 Å². The minimum absolute atomic E-state index is 0.0141. The van der Waals surface area contributed by atoms with Crippen LogP contribution in [-0.4, -0.2) is 40.4 Å². The molecule has 0 aliphatic heterocycles. The Labute approximate surface area is 214 Å². The highest BCUT2D eigenvalue weighted by molar-refractivity contribution is 7.92. The summed E-state index contributed by atoms with van der Waals surface area (Å²) in [6, 6.07) is 21.4. The Hall–Kier alpha value is -3.52. The Balaban J connectivity index is 1.95. The molecular formula is C28H35N3O4S. The van der Waals surface area contributed by atoms with Crippen LogP contribution in [0, 0.1) is 5.41 Å². The van der Waals surface area contributed by atoms with Crippen LogP contribution in [0.25, 0.3) is 0 Å². The molecule has 7 nitrogen and oxygen atoms in total. The molecular weight excluding hydrogens is 474 g/mol. The number of nitrogens with zero attached hydrogens (tertiary/aromatic N) is 2. The molecule has 36 heavy (non-hydrogen) atoms. The SMILES string of the molecule is COc1ccc(S(=O)(=O)Nc2ccc(N(C)C)c(CN(Cc3ccccc3)C(=O)C(C)(C)C)c2)cc1. The zero-order valence-corrected chi connectivity index (χ0v) is 22.6. The predicted molar refractivity (Wildman–Crippen MR) is 145 cm³/mol. The van der Waals surface area contributed by atoms with E-state index in [1.54, 1.807) is 24.3 Å². The first-order valence-corrected chi connectivity index (χ1v) is 13.2. The van der Waals surface area contributed by atoms with Gasteiger partial charge in [-0.15, -0.1) is 0 Å². The van der Waals surface area contributed by atoms with Gasteiger partial charge in [-0.25, -0.2) is 8.42 Å². The van der Waals surface area contributed by atoms with E-state index >= 15 is 0 Å². The number of rotatable bonds is 9. The normalized spacial score (nSPS) is 11.6.